The summed E-state index contributed by atoms with van der Waals surface area (Å²) in [5, 5.41) is 1.05. The first kappa shape index (κ1) is 14.7. The van der Waals surface area contributed by atoms with Crippen LogP contribution in [-0.4, -0.2) is 11.6 Å². The molecular weight excluding hydrogens is 302 g/mol. The van der Waals surface area contributed by atoms with Crippen molar-refractivity contribution >= 4 is 21.6 Å². The average molecular weight is 323 g/mol. The maximum Gasteiger partial charge on any atom is 0.129 e. The molecule has 0 radical (unpaired) electrons. The van der Waals surface area contributed by atoms with E-state index in [2.05, 4.69) is 36.4 Å². The Morgan fingerprint density at radius 2 is 1.74 bits per heavy atom. The average Bonchev–Trinajstić information content (AvgIpc) is 3.05. The molecule has 1 saturated carbocycles. The zero-order valence-electron chi connectivity index (χ0n) is 13.2. The number of thiazole rings is 1. The van der Waals surface area contributed by atoms with Crippen LogP contribution in [0.3, 0.4) is 0 Å². The number of hydrogen-bond acceptors (Lipinski definition) is 3. The molecule has 0 N–H and O–H groups in total. The molecule has 1 aliphatic carbocycles. The van der Waals surface area contributed by atoms with E-state index in [0.29, 0.717) is 5.92 Å². The quantitative estimate of drug-likeness (QED) is 0.594. The molecule has 2 nitrogen and oxygen atoms in total. The number of ether oxygens (including phenoxy) is 1. The van der Waals surface area contributed by atoms with E-state index in [1.807, 2.05) is 12.1 Å². The van der Waals surface area contributed by atoms with Gasteiger partial charge in [-0.05, 0) is 43.0 Å². The van der Waals surface area contributed by atoms with Crippen LogP contribution in [0, 0.1) is 5.92 Å². The van der Waals surface area contributed by atoms with Crippen molar-refractivity contribution < 1.29 is 4.74 Å². The predicted octanol–water partition coefficient (Wildman–Crippen LogP) is 5.92. The molecule has 1 aliphatic rings. The highest BCUT2D eigenvalue weighted by Gasteiger charge is 2.16. The van der Waals surface area contributed by atoms with Crippen molar-refractivity contribution in [1.82, 2.24) is 4.98 Å². The largest absolute Gasteiger partial charge is 0.493 e. The molecule has 23 heavy (non-hydrogen) atoms. The van der Waals surface area contributed by atoms with E-state index in [-0.39, 0.29) is 0 Å². The number of fused-ring (bicyclic) bond motifs is 1. The van der Waals surface area contributed by atoms with Crippen LogP contribution in [0.1, 0.15) is 32.1 Å². The molecule has 0 saturated heterocycles. The molecule has 1 heterocycles. The van der Waals surface area contributed by atoms with Gasteiger partial charge in [-0.1, -0.05) is 43.5 Å². The standard InChI is InChI=1S/C20H21NOS/c1-2-8-15(9-3-1)14-22-18-12-6-4-10-16(18)20-21-17-11-5-7-13-19(17)23-20/h4-7,10-13,15H,1-3,8-9,14H2. The second-order valence-corrected chi connectivity index (χ2v) is 7.33. The third-order valence-corrected chi connectivity index (χ3v) is 5.68. The van der Waals surface area contributed by atoms with Crippen molar-refractivity contribution in [2.24, 2.45) is 5.92 Å². The molecule has 0 amide bonds. The van der Waals surface area contributed by atoms with Gasteiger partial charge in [-0.3, -0.25) is 0 Å². The number of rotatable bonds is 4. The summed E-state index contributed by atoms with van der Waals surface area (Å²) in [4.78, 5) is 4.78. The van der Waals surface area contributed by atoms with Gasteiger partial charge in [0.2, 0.25) is 0 Å². The lowest BCUT2D eigenvalue weighted by atomic mass is 9.90. The summed E-state index contributed by atoms with van der Waals surface area (Å²) in [6.45, 7) is 0.835. The van der Waals surface area contributed by atoms with Crippen molar-refractivity contribution in [2.45, 2.75) is 32.1 Å². The Morgan fingerprint density at radius 1 is 0.957 bits per heavy atom. The first-order chi connectivity index (χ1) is 11.4. The van der Waals surface area contributed by atoms with Gasteiger partial charge in [0, 0.05) is 0 Å². The van der Waals surface area contributed by atoms with Gasteiger partial charge in [0.15, 0.2) is 0 Å². The normalized spacial score (nSPS) is 15.8. The van der Waals surface area contributed by atoms with E-state index in [9.17, 15) is 0 Å². The molecule has 4 rings (SSSR count). The van der Waals surface area contributed by atoms with E-state index in [1.165, 1.54) is 36.8 Å². The second kappa shape index (κ2) is 6.71. The van der Waals surface area contributed by atoms with Gasteiger partial charge < -0.3 is 4.74 Å². The third kappa shape index (κ3) is 3.25. The Labute approximate surface area is 141 Å². The van der Waals surface area contributed by atoms with E-state index in [0.717, 1.165) is 28.4 Å². The van der Waals surface area contributed by atoms with Crippen LogP contribution in [0.2, 0.25) is 0 Å². The van der Waals surface area contributed by atoms with Gasteiger partial charge >= 0.3 is 0 Å². The van der Waals surface area contributed by atoms with Gasteiger partial charge in [0.1, 0.15) is 10.8 Å². The highest BCUT2D eigenvalue weighted by Crippen LogP contribution is 2.36. The smallest absolute Gasteiger partial charge is 0.129 e. The predicted molar refractivity (Wildman–Crippen MR) is 97.1 cm³/mol. The molecule has 3 aromatic rings. The number of benzene rings is 2. The zero-order valence-corrected chi connectivity index (χ0v) is 14.0. The van der Waals surface area contributed by atoms with Gasteiger partial charge in [0.05, 0.1) is 22.4 Å². The van der Waals surface area contributed by atoms with Crippen LogP contribution in [-0.2, 0) is 0 Å². The lowest BCUT2D eigenvalue weighted by Crippen LogP contribution is -2.15. The highest BCUT2D eigenvalue weighted by molar-refractivity contribution is 7.21. The maximum absolute atomic E-state index is 6.19. The molecule has 0 aliphatic heterocycles. The Hall–Kier alpha value is -1.87. The first-order valence-corrected chi connectivity index (χ1v) is 9.29. The molecule has 0 spiro atoms. The molecule has 1 fully saturated rings. The van der Waals surface area contributed by atoms with Gasteiger partial charge in [-0.25, -0.2) is 4.98 Å². The molecule has 0 unspecified atom stereocenters. The monoisotopic (exact) mass is 323 g/mol. The van der Waals surface area contributed by atoms with E-state index in [1.54, 1.807) is 11.3 Å². The minimum absolute atomic E-state index is 0.715. The SMILES string of the molecule is c1ccc(-c2nc3ccccc3s2)c(OCC2CCCCC2)c1. The van der Waals surface area contributed by atoms with E-state index in [4.69, 9.17) is 9.72 Å². The lowest BCUT2D eigenvalue weighted by molar-refractivity contribution is 0.209. The Balaban J connectivity index is 1.58. The van der Waals surface area contributed by atoms with Gasteiger partial charge in [0.25, 0.3) is 0 Å². The number of para-hydroxylation sites is 2. The van der Waals surface area contributed by atoms with Crippen LogP contribution >= 0.6 is 11.3 Å². The molecule has 1 aromatic heterocycles. The number of aromatic nitrogens is 1. The summed E-state index contributed by atoms with van der Waals surface area (Å²) >= 11 is 1.73. The van der Waals surface area contributed by atoms with Crippen LogP contribution in [0.4, 0.5) is 0 Å². The molecule has 2 aromatic carbocycles. The minimum Gasteiger partial charge on any atom is -0.493 e. The fourth-order valence-electron chi connectivity index (χ4n) is 3.32. The third-order valence-electron chi connectivity index (χ3n) is 4.61. The van der Waals surface area contributed by atoms with Crippen LogP contribution < -0.4 is 4.74 Å². The van der Waals surface area contributed by atoms with Gasteiger partial charge in [-0.15, -0.1) is 11.3 Å². The molecule has 3 heteroatoms. The minimum atomic E-state index is 0.715. The summed E-state index contributed by atoms with van der Waals surface area (Å²) < 4.78 is 7.42. The van der Waals surface area contributed by atoms with Crippen molar-refractivity contribution in [3.05, 3.63) is 48.5 Å². The lowest BCUT2D eigenvalue weighted by Gasteiger charge is -2.22. The van der Waals surface area contributed by atoms with Crippen molar-refractivity contribution in [2.75, 3.05) is 6.61 Å². The van der Waals surface area contributed by atoms with Crippen molar-refractivity contribution in [3.8, 4) is 16.3 Å². The summed E-state index contributed by atoms with van der Waals surface area (Å²) in [7, 11) is 0. The summed E-state index contributed by atoms with van der Waals surface area (Å²) in [5.41, 5.74) is 2.18. The summed E-state index contributed by atoms with van der Waals surface area (Å²) in [6.07, 6.45) is 6.71. The topological polar surface area (TPSA) is 22.1 Å². The second-order valence-electron chi connectivity index (χ2n) is 6.30. The van der Waals surface area contributed by atoms with Crippen LogP contribution in [0.15, 0.2) is 48.5 Å². The Bertz CT molecular complexity index is 756. The fourth-order valence-corrected chi connectivity index (χ4v) is 4.31. The van der Waals surface area contributed by atoms with E-state index < -0.39 is 0 Å². The van der Waals surface area contributed by atoms with Crippen molar-refractivity contribution in [3.63, 3.8) is 0 Å². The Kier molecular flexibility index (Phi) is 4.29. The fraction of sp³-hybridized carbons (Fsp3) is 0.350. The molecule has 0 atom stereocenters. The van der Waals surface area contributed by atoms with Crippen LogP contribution in [0.25, 0.3) is 20.8 Å². The molecular formula is C20H21NOS. The highest BCUT2D eigenvalue weighted by atomic mass is 32.1. The summed E-state index contributed by atoms with van der Waals surface area (Å²) in [6, 6.07) is 16.6. The van der Waals surface area contributed by atoms with Crippen LogP contribution in [0.5, 0.6) is 5.75 Å². The maximum atomic E-state index is 6.19. The summed E-state index contributed by atoms with van der Waals surface area (Å²) in [5.74, 6) is 1.68. The van der Waals surface area contributed by atoms with Crippen molar-refractivity contribution in [1.29, 1.82) is 0 Å². The van der Waals surface area contributed by atoms with Gasteiger partial charge in [-0.2, -0.15) is 0 Å². The molecule has 0 bridgehead atoms. The zero-order chi connectivity index (χ0) is 15.5. The number of nitrogens with zero attached hydrogens (tertiary/aromatic N) is 1. The molecule has 118 valence electrons. The first-order valence-electron chi connectivity index (χ1n) is 8.48. The Morgan fingerprint density at radius 3 is 2.61 bits per heavy atom. The van der Waals surface area contributed by atoms with E-state index >= 15 is 0 Å². The number of hydrogen-bond donors (Lipinski definition) is 0.